The van der Waals surface area contributed by atoms with Gasteiger partial charge in [-0.15, -0.1) is 0 Å². The van der Waals surface area contributed by atoms with Crippen LogP contribution in [0.2, 0.25) is 0 Å². The van der Waals surface area contributed by atoms with E-state index in [1.807, 2.05) is 24.3 Å². The molecule has 0 atom stereocenters. The maximum Gasteiger partial charge on any atom is 0.333 e. The molecule has 0 saturated carbocycles. The molecule has 3 rings (SSSR count). The van der Waals surface area contributed by atoms with E-state index >= 15 is 0 Å². The number of rotatable bonds is 2. The molecular weight excluding hydrogens is 244 g/mol. The zero-order valence-corrected chi connectivity index (χ0v) is 10.7. The SMILES string of the molecule is O=C1CN(c2ccc(N3CCCC3)cc2)CC(=O)O1. The molecule has 0 unspecified atom stereocenters. The van der Waals surface area contributed by atoms with Crippen LogP contribution in [0.25, 0.3) is 0 Å². The van der Waals surface area contributed by atoms with Crippen LogP contribution in [0.5, 0.6) is 0 Å². The van der Waals surface area contributed by atoms with Crippen LogP contribution in [0.15, 0.2) is 24.3 Å². The van der Waals surface area contributed by atoms with E-state index in [9.17, 15) is 9.59 Å². The Bertz CT molecular complexity index is 476. The van der Waals surface area contributed by atoms with Crippen molar-refractivity contribution in [1.82, 2.24) is 0 Å². The van der Waals surface area contributed by atoms with Crippen LogP contribution >= 0.6 is 0 Å². The number of nitrogens with zero attached hydrogens (tertiary/aromatic N) is 2. The van der Waals surface area contributed by atoms with Crippen LogP contribution in [0, 0.1) is 0 Å². The molecule has 1 aromatic rings. The van der Waals surface area contributed by atoms with Gasteiger partial charge >= 0.3 is 11.9 Å². The lowest BCUT2D eigenvalue weighted by Crippen LogP contribution is -2.42. The number of ether oxygens (including phenoxy) is 1. The van der Waals surface area contributed by atoms with Crippen LogP contribution in [0.4, 0.5) is 11.4 Å². The Morgan fingerprint density at radius 2 is 1.26 bits per heavy atom. The van der Waals surface area contributed by atoms with Crippen molar-refractivity contribution in [3.05, 3.63) is 24.3 Å². The summed E-state index contributed by atoms with van der Waals surface area (Å²) in [7, 11) is 0. The smallest absolute Gasteiger partial charge is 0.333 e. The van der Waals surface area contributed by atoms with Crippen molar-refractivity contribution in [2.75, 3.05) is 36.0 Å². The van der Waals surface area contributed by atoms with E-state index in [4.69, 9.17) is 0 Å². The van der Waals surface area contributed by atoms with Crippen LogP contribution in [-0.4, -0.2) is 38.1 Å². The Hall–Kier alpha value is -2.04. The molecule has 19 heavy (non-hydrogen) atoms. The summed E-state index contributed by atoms with van der Waals surface area (Å²) in [5, 5.41) is 0. The summed E-state index contributed by atoms with van der Waals surface area (Å²) in [4.78, 5) is 26.6. The van der Waals surface area contributed by atoms with Crippen molar-refractivity contribution in [1.29, 1.82) is 0 Å². The van der Waals surface area contributed by atoms with Crippen LogP contribution in [0.1, 0.15) is 12.8 Å². The first kappa shape index (κ1) is 12.0. The van der Waals surface area contributed by atoms with E-state index in [2.05, 4.69) is 9.64 Å². The summed E-state index contributed by atoms with van der Waals surface area (Å²) in [5.41, 5.74) is 2.08. The largest absolute Gasteiger partial charge is 0.390 e. The van der Waals surface area contributed by atoms with Gasteiger partial charge in [0.1, 0.15) is 13.1 Å². The van der Waals surface area contributed by atoms with E-state index < -0.39 is 11.9 Å². The molecule has 0 N–H and O–H groups in total. The van der Waals surface area contributed by atoms with Gasteiger partial charge in [0, 0.05) is 24.5 Å². The molecule has 0 aliphatic carbocycles. The highest BCUT2D eigenvalue weighted by atomic mass is 16.6. The molecule has 0 bridgehead atoms. The Morgan fingerprint density at radius 3 is 1.79 bits per heavy atom. The minimum atomic E-state index is -0.486. The molecule has 5 heteroatoms. The molecule has 1 aromatic carbocycles. The molecular formula is C14H16N2O3. The number of hydrogen-bond donors (Lipinski definition) is 0. The maximum absolute atomic E-state index is 11.2. The van der Waals surface area contributed by atoms with Crippen LogP contribution < -0.4 is 9.80 Å². The topological polar surface area (TPSA) is 49.9 Å². The van der Waals surface area contributed by atoms with Gasteiger partial charge in [-0.05, 0) is 37.1 Å². The van der Waals surface area contributed by atoms with Crippen molar-refractivity contribution >= 4 is 23.3 Å². The van der Waals surface area contributed by atoms with Gasteiger partial charge in [-0.2, -0.15) is 0 Å². The third-order valence-electron chi connectivity index (χ3n) is 3.55. The fourth-order valence-corrected chi connectivity index (χ4v) is 2.59. The maximum atomic E-state index is 11.2. The lowest BCUT2D eigenvalue weighted by Gasteiger charge is -2.27. The number of carbonyl (C=O) groups is 2. The lowest BCUT2D eigenvalue weighted by molar-refractivity contribution is -0.160. The van der Waals surface area contributed by atoms with Gasteiger partial charge in [0.15, 0.2) is 0 Å². The van der Waals surface area contributed by atoms with Gasteiger partial charge in [0.2, 0.25) is 0 Å². The first-order chi connectivity index (χ1) is 9.22. The van der Waals surface area contributed by atoms with Crippen LogP contribution in [0.3, 0.4) is 0 Å². The Kier molecular flexibility index (Phi) is 3.11. The van der Waals surface area contributed by atoms with E-state index in [1.165, 1.54) is 18.5 Å². The van der Waals surface area contributed by atoms with E-state index in [-0.39, 0.29) is 13.1 Å². The zero-order chi connectivity index (χ0) is 13.2. The fourth-order valence-electron chi connectivity index (χ4n) is 2.59. The molecule has 0 amide bonds. The summed E-state index contributed by atoms with van der Waals surface area (Å²) >= 11 is 0. The third kappa shape index (κ3) is 2.54. The number of anilines is 2. The number of esters is 2. The lowest BCUT2D eigenvalue weighted by atomic mass is 10.2. The highest BCUT2D eigenvalue weighted by Crippen LogP contribution is 2.24. The second-order valence-electron chi connectivity index (χ2n) is 4.91. The van der Waals surface area contributed by atoms with Crippen molar-refractivity contribution in [3.63, 3.8) is 0 Å². The minimum Gasteiger partial charge on any atom is -0.390 e. The molecule has 0 spiro atoms. The predicted octanol–water partition coefficient (Wildman–Crippen LogP) is 1.18. The first-order valence-electron chi connectivity index (χ1n) is 6.56. The van der Waals surface area contributed by atoms with Gasteiger partial charge in [0.25, 0.3) is 0 Å². The Labute approximate surface area is 111 Å². The summed E-state index contributed by atoms with van der Waals surface area (Å²) in [5.74, 6) is -0.972. The fraction of sp³-hybridized carbons (Fsp3) is 0.429. The van der Waals surface area contributed by atoms with Crippen LogP contribution in [-0.2, 0) is 14.3 Å². The minimum absolute atomic E-state index is 0.134. The molecule has 0 aromatic heterocycles. The average molecular weight is 260 g/mol. The number of morpholine rings is 1. The van der Waals surface area contributed by atoms with Crippen molar-refractivity contribution in [2.24, 2.45) is 0 Å². The second kappa shape index (κ2) is 4.91. The number of carbonyl (C=O) groups excluding carboxylic acids is 2. The third-order valence-corrected chi connectivity index (χ3v) is 3.55. The summed E-state index contributed by atoms with van der Waals surface area (Å²) < 4.78 is 4.52. The Balaban J connectivity index is 1.74. The molecule has 5 nitrogen and oxygen atoms in total. The van der Waals surface area contributed by atoms with E-state index in [0.29, 0.717) is 0 Å². The number of hydrogen-bond acceptors (Lipinski definition) is 5. The normalized spacial score (nSPS) is 19.8. The summed E-state index contributed by atoms with van der Waals surface area (Å²) in [6, 6.07) is 8.01. The highest BCUT2D eigenvalue weighted by molar-refractivity contribution is 5.94. The number of cyclic esters (lactones) is 2. The first-order valence-corrected chi connectivity index (χ1v) is 6.56. The van der Waals surface area contributed by atoms with Gasteiger partial charge in [-0.25, -0.2) is 9.59 Å². The molecule has 2 saturated heterocycles. The molecule has 2 aliphatic rings. The highest BCUT2D eigenvalue weighted by Gasteiger charge is 2.25. The quantitative estimate of drug-likeness (QED) is 0.590. The molecule has 2 heterocycles. The van der Waals surface area contributed by atoms with Gasteiger partial charge in [0.05, 0.1) is 0 Å². The van der Waals surface area contributed by atoms with E-state index in [1.54, 1.807) is 4.90 Å². The Morgan fingerprint density at radius 1 is 0.789 bits per heavy atom. The van der Waals surface area contributed by atoms with Gasteiger partial charge in [-0.1, -0.05) is 0 Å². The van der Waals surface area contributed by atoms with Crippen molar-refractivity contribution in [3.8, 4) is 0 Å². The monoisotopic (exact) mass is 260 g/mol. The summed E-state index contributed by atoms with van der Waals surface area (Å²) in [6.45, 7) is 2.48. The molecule has 100 valence electrons. The predicted molar refractivity (Wildman–Crippen MR) is 71.2 cm³/mol. The number of benzene rings is 1. The zero-order valence-electron chi connectivity index (χ0n) is 10.7. The standard InChI is InChI=1S/C14H16N2O3/c17-13-9-16(10-14(18)19-13)12-5-3-11(4-6-12)15-7-1-2-8-15/h3-6H,1-2,7-10H2. The van der Waals surface area contributed by atoms with Crippen molar-refractivity contribution < 1.29 is 14.3 Å². The molecule has 2 fully saturated rings. The molecule has 0 radical (unpaired) electrons. The average Bonchev–Trinajstić information content (AvgIpc) is 2.91. The van der Waals surface area contributed by atoms with Gasteiger partial charge < -0.3 is 14.5 Å². The van der Waals surface area contributed by atoms with Gasteiger partial charge in [-0.3, -0.25) is 0 Å². The summed E-state index contributed by atoms with van der Waals surface area (Å²) in [6.07, 6.45) is 2.49. The van der Waals surface area contributed by atoms with Crippen molar-refractivity contribution in [2.45, 2.75) is 12.8 Å². The molecule has 2 aliphatic heterocycles. The second-order valence-corrected chi connectivity index (χ2v) is 4.91. The van der Waals surface area contributed by atoms with E-state index in [0.717, 1.165) is 18.8 Å².